The predicted molar refractivity (Wildman–Crippen MR) is 78.5 cm³/mol. The van der Waals surface area contributed by atoms with Crippen LogP contribution in [0.5, 0.6) is 0 Å². The van der Waals surface area contributed by atoms with Gasteiger partial charge in [0.25, 0.3) is 0 Å². The molecule has 1 aromatic carbocycles. The Kier molecular flexibility index (Phi) is 4.17. The summed E-state index contributed by atoms with van der Waals surface area (Å²) in [5.41, 5.74) is 0.509. The summed E-state index contributed by atoms with van der Waals surface area (Å²) in [6, 6.07) is 4.44. The van der Waals surface area contributed by atoms with Gasteiger partial charge in [0.2, 0.25) is 12.1 Å². The van der Waals surface area contributed by atoms with Crippen LogP contribution >= 0.6 is 35.3 Å². The molecule has 1 saturated heterocycles. The Bertz CT molecular complexity index is 496. The van der Waals surface area contributed by atoms with Crippen molar-refractivity contribution >= 4 is 47.1 Å². The van der Waals surface area contributed by atoms with Gasteiger partial charge in [-0.15, -0.1) is 0 Å². The van der Waals surface area contributed by atoms with E-state index in [1.807, 2.05) is 0 Å². The third-order valence-corrected chi connectivity index (χ3v) is 4.43. The lowest BCUT2D eigenvalue weighted by molar-refractivity contribution is -0.851. The standard InChI is InChI=1S/C11H13Cl2N3O2S/c1-3-14-11(17)15(19-16(14,18)4-2)10-6-8(12)5-9(13)7-10/h5-7H,3-4H2,1-2H3. The molecule has 0 aliphatic carbocycles. The van der Waals surface area contributed by atoms with Crippen molar-refractivity contribution in [3.63, 3.8) is 0 Å². The molecule has 1 unspecified atom stereocenters. The molecule has 0 radical (unpaired) electrons. The molecule has 0 aromatic heterocycles. The van der Waals surface area contributed by atoms with Crippen LogP contribution in [0, 0.1) is 5.21 Å². The topological polar surface area (TPSA) is 46.6 Å². The SMILES string of the molecule is CCN1C(=O)N(c2cc(Cl)cc(Cl)c2)S[N+]1([O-])CC. The van der Waals surface area contributed by atoms with Gasteiger partial charge in [-0.05, 0) is 32.0 Å². The highest BCUT2D eigenvalue weighted by atomic mass is 35.5. The first-order chi connectivity index (χ1) is 8.91. The van der Waals surface area contributed by atoms with Crippen LogP contribution in [0.25, 0.3) is 0 Å². The summed E-state index contributed by atoms with van der Waals surface area (Å²) < 4.78 is 0.567. The molecule has 0 bridgehead atoms. The lowest BCUT2D eigenvalue weighted by atomic mass is 10.3. The van der Waals surface area contributed by atoms with Crippen LogP contribution in [0.4, 0.5) is 10.5 Å². The van der Waals surface area contributed by atoms with Gasteiger partial charge in [-0.3, -0.25) is 0 Å². The van der Waals surface area contributed by atoms with Gasteiger partial charge >= 0.3 is 6.03 Å². The third kappa shape index (κ3) is 2.64. The van der Waals surface area contributed by atoms with Crippen molar-refractivity contribution in [1.29, 1.82) is 0 Å². The van der Waals surface area contributed by atoms with Crippen molar-refractivity contribution in [2.45, 2.75) is 13.8 Å². The Morgan fingerprint density at radius 2 is 1.84 bits per heavy atom. The molecule has 0 spiro atoms. The third-order valence-electron chi connectivity index (χ3n) is 2.75. The van der Waals surface area contributed by atoms with E-state index >= 15 is 0 Å². The van der Waals surface area contributed by atoms with Crippen molar-refractivity contribution < 1.29 is 8.96 Å². The second-order valence-corrected chi connectivity index (χ2v) is 5.93. The number of hydrogen-bond donors (Lipinski definition) is 0. The number of amides is 2. The Balaban J connectivity index is 2.39. The molecule has 2 amide bonds. The largest absolute Gasteiger partial charge is 0.593 e. The molecular formula is C11H13Cl2N3O2S. The van der Waals surface area contributed by atoms with Crippen LogP contribution in [0.2, 0.25) is 10.0 Å². The van der Waals surface area contributed by atoms with Gasteiger partial charge in [0.05, 0.1) is 12.2 Å². The van der Waals surface area contributed by atoms with Gasteiger partial charge in [-0.2, -0.15) is 13.5 Å². The van der Waals surface area contributed by atoms with Crippen LogP contribution in [0.1, 0.15) is 13.8 Å². The van der Waals surface area contributed by atoms with Gasteiger partial charge in [0.1, 0.15) is 6.54 Å². The van der Waals surface area contributed by atoms with Gasteiger partial charge in [-0.25, -0.2) is 4.79 Å². The van der Waals surface area contributed by atoms with E-state index in [4.69, 9.17) is 23.2 Å². The normalized spacial score (nSPS) is 23.3. The fraction of sp³-hybridized carbons (Fsp3) is 0.364. The fourth-order valence-electron chi connectivity index (χ4n) is 1.84. The highest BCUT2D eigenvalue weighted by molar-refractivity contribution is 7.96. The summed E-state index contributed by atoms with van der Waals surface area (Å²) >= 11 is 12.7. The lowest BCUT2D eigenvalue weighted by Crippen LogP contribution is -2.48. The maximum atomic E-state index is 12.5. The zero-order valence-electron chi connectivity index (χ0n) is 10.5. The molecule has 1 aliphatic rings. The van der Waals surface area contributed by atoms with Gasteiger partial charge < -0.3 is 5.21 Å². The molecule has 1 heterocycles. The molecule has 1 atom stereocenters. The summed E-state index contributed by atoms with van der Waals surface area (Å²) in [5, 5.41) is 14.6. The van der Waals surface area contributed by atoms with E-state index in [1.165, 1.54) is 9.31 Å². The Hall–Kier alpha value is -0.660. The molecule has 1 aliphatic heterocycles. The minimum atomic E-state index is -0.764. The molecule has 5 nitrogen and oxygen atoms in total. The predicted octanol–water partition coefficient (Wildman–Crippen LogP) is 4.07. The number of nitrogens with zero attached hydrogens (tertiary/aromatic N) is 3. The van der Waals surface area contributed by atoms with E-state index in [-0.39, 0.29) is 12.6 Å². The Morgan fingerprint density at radius 3 is 2.26 bits per heavy atom. The monoisotopic (exact) mass is 321 g/mol. The quantitative estimate of drug-likeness (QED) is 0.479. The molecule has 8 heteroatoms. The summed E-state index contributed by atoms with van der Waals surface area (Å²) in [5.74, 6) is 0. The number of quaternary nitrogens is 1. The number of urea groups is 1. The van der Waals surface area contributed by atoms with E-state index in [9.17, 15) is 10.0 Å². The van der Waals surface area contributed by atoms with E-state index in [0.717, 1.165) is 12.1 Å². The summed E-state index contributed by atoms with van der Waals surface area (Å²) in [7, 11) is 0. The number of carbonyl (C=O) groups excluding carboxylic acids is 1. The van der Waals surface area contributed by atoms with E-state index in [1.54, 1.807) is 32.0 Å². The zero-order valence-corrected chi connectivity index (χ0v) is 12.8. The summed E-state index contributed by atoms with van der Waals surface area (Å²) in [6.07, 6.45) is 0. The van der Waals surface area contributed by atoms with E-state index < -0.39 is 4.16 Å². The molecule has 1 fully saturated rings. The van der Waals surface area contributed by atoms with Crippen molar-refractivity contribution in [3.8, 4) is 0 Å². The average Bonchev–Trinajstić information content (AvgIpc) is 2.60. The number of anilines is 1. The van der Waals surface area contributed by atoms with Gasteiger partial charge in [-0.1, -0.05) is 23.2 Å². The minimum Gasteiger partial charge on any atom is -0.593 e. The minimum absolute atomic E-state index is 0.259. The summed E-state index contributed by atoms with van der Waals surface area (Å²) in [6.45, 7) is 4.11. The van der Waals surface area contributed by atoms with Gasteiger partial charge in [0, 0.05) is 10.0 Å². The van der Waals surface area contributed by atoms with Crippen molar-refractivity contribution in [2.75, 3.05) is 17.4 Å². The molecule has 2 rings (SSSR count). The first-order valence-corrected chi connectivity index (χ1v) is 7.27. The second kappa shape index (κ2) is 5.38. The number of benzene rings is 1. The van der Waals surface area contributed by atoms with Crippen molar-refractivity contribution in [2.24, 2.45) is 0 Å². The zero-order chi connectivity index (χ0) is 14.2. The Morgan fingerprint density at radius 1 is 1.26 bits per heavy atom. The fourth-order valence-corrected chi connectivity index (χ4v) is 3.36. The molecule has 1 aromatic rings. The average molecular weight is 322 g/mol. The number of halogens is 2. The molecule has 19 heavy (non-hydrogen) atoms. The first kappa shape index (κ1) is 14.7. The van der Waals surface area contributed by atoms with Crippen LogP contribution in [-0.2, 0) is 0 Å². The molecule has 0 saturated carbocycles. The lowest BCUT2D eigenvalue weighted by Gasteiger charge is -2.37. The highest BCUT2D eigenvalue weighted by Gasteiger charge is 2.46. The van der Waals surface area contributed by atoms with Crippen molar-refractivity contribution in [1.82, 2.24) is 5.01 Å². The first-order valence-electron chi connectivity index (χ1n) is 5.78. The van der Waals surface area contributed by atoms with Crippen LogP contribution in [0.3, 0.4) is 0 Å². The van der Waals surface area contributed by atoms with Crippen molar-refractivity contribution in [3.05, 3.63) is 33.5 Å². The number of rotatable bonds is 3. The Labute approximate surface area is 126 Å². The summed E-state index contributed by atoms with van der Waals surface area (Å²) in [4.78, 5) is 12.3. The number of hydrogen-bond acceptors (Lipinski definition) is 3. The van der Waals surface area contributed by atoms with Gasteiger partial charge in [0.15, 0.2) is 0 Å². The van der Waals surface area contributed by atoms with Crippen LogP contribution in [-0.4, -0.2) is 28.3 Å². The highest BCUT2D eigenvalue weighted by Crippen LogP contribution is 2.41. The smallest absolute Gasteiger partial charge is 0.384 e. The molecule has 104 valence electrons. The van der Waals surface area contributed by atoms with Crippen LogP contribution in [0.15, 0.2) is 18.2 Å². The maximum Gasteiger partial charge on any atom is 0.384 e. The molecule has 0 N–H and O–H groups in total. The number of hydroxylamine groups is 1. The maximum absolute atomic E-state index is 12.5. The van der Waals surface area contributed by atoms with E-state index in [2.05, 4.69) is 0 Å². The van der Waals surface area contributed by atoms with E-state index in [0.29, 0.717) is 22.3 Å². The number of carbonyl (C=O) groups is 1. The molecular weight excluding hydrogens is 309 g/mol. The second-order valence-electron chi connectivity index (χ2n) is 3.96. The van der Waals surface area contributed by atoms with Crippen LogP contribution < -0.4 is 4.31 Å².